The van der Waals surface area contributed by atoms with Crippen LogP contribution >= 0.6 is 0 Å². The largest absolute Gasteiger partial charge is 0.349 e. The molecule has 4 heteroatoms. The number of nitrogens with one attached hydrogen (secondary N) is 1. The van der Waals surface area contributed by atoms with Crippen LogP contribution in [0.3, 0.4) is 0 Å². The molecule has 1 heterocycles. The number of likely N-dealkylation sites (tertiary alicyclic amines) is 1. The second-order valence-electron chi connectivity index (χ2n) is 8.11. The standard InChI is InChI=1S/C24H30N2O2/c1-16-7-9-20(10-8-16)24(28)26-11-5-6-21(15-26)23(27)25-19(4)22-13-17(2)12-18(3)14-22/h7-10,12-14,19,21H,5-6,11,15H2,1-4H3,(H,25,27). The molecular formula is C24H30N2O2. The summed E-state index contributed by atoms with van der Waals surface area (Å²) < 4.78 is 0. The minimum atomic E-state index is -0.156. The first-order chi connectivity index (χ1) is 13.3. The zero-order valence-corrected chi connectivity index (χ0v) is 17.3. The molecule has 1 saturated heterocycles. The molecule has 2 aromatic carbocycles. The number of carbonyl (C=O) groups is 2. The molecular weight excluding hydrogens is 348 g/mol. The minimum absolute atomic E-state index is 0.0138. The minimum Gasteiger partial charge on any atom is -0.349 e. The molecule has 0 aliphatic carbocycles. The van der Waals surface area contributed by atoms with Gasteiger partial charge in [-0.25, -0.2) is 0 Å². The lowest BCUT2D eigenvalue weighted by atomic mass is 9.95. The molecule has 0 radical (unpaired) electrons. The van der Waals surface area contributed by atoms with Gasteiger partial charge >= 0.3 is 0 Å². The Kier molecular flexibility index (Phi) is 6.18. The Morgan fingerprint density at radius 3 is 2.29 bits per heavy atom. The Balaban J connectivity index is 1.63. The number of aryl methyl sites for hydroxylation is 3. The lowest BCUT2D eigenvalue weighted by Gasteiger charge is -2.33. The van der Waals surface area contributed by atoms with E-state index >= 15 is 0 Å². The second-order valence-corrected chi connectivity index (χ2v) is 8.11. The highest BCUT2D eigenvalue weighted by atomic mass is 16.2. The van der Waals surface area contributed by atoms with E-state index in [4.69, 9.17) is 0 Å². The van der Waals surface area contributed by atoms with Gasteiger partial charge in [-0.15, -0.1) is 0 Å². The van der Waals surface area contributed by atoms with Gasteiger partial charge in [-0.1, -0.05) is 47.0 Å². The Morgan fingerprint density at radius 1 is 1.00 bits per heavy atom. The second kappa shape index (κ2) is 8.59. The van der Waals surface area contributed by atoms with Crippen molar-refractivity contribution in [3.63, 3.8) is 0 Å². The number of carbonyl (C=O) groups excluding carboxylic acids is 2. The number of nitrogens with zero attached hydrogens (tertiary/aromatic N) is 1. The highest BCUT2D eigenvalue weighted by molar-refractivity contribution is 5.94. The highest BCUT2D eigenvalue weighted by Crippen LogP contribution is 2.22. The number of piperidine rings is 1. The predicted molar refractivity (Wildman–Crippen MR) is 112 cm³/mol. The molecule has 0 bridgehead atoms. The van der Waals surface area contributed by atoms with Gasteiger partial charge in [0.25, 0.3) is 5.91 Å². The van der Waals surface area contributed by atoms with Gasteiger partial charge in [-0.2, -0.15) is 0 Å². The van der Waals surface area contributed by atoms with Gasteiger partial charge in [0, 0.05) is 18.7 Å². The van der Waals surface area contributed by atoms with Crippen molar-refractivity contribution < 1.29 is 9.59 Å². The summed E-state index contributed by atoms with van der Waals surface area (Å²) in [6.45, 7) is 9.36. The van der Waals surface area contributed by atoms with Gasteiger partial charge < -0.3 is 10.2 Å². The fourth-order valence-corrected chi connectivity index (χ4v) is 3.93. The van der Waals surface area contributed by atoms with Gasteiger partial charge in [-0.05, 0) is 58.2 Å². The topological polar surface area (TPSA) is 49.4 Å². The molecule has 1 aliphatic heterocycles. The first-order valence-corrected chi connectivity index (χ1v) is 10.1. The van der Waals surface area contributed by atoms with E-state index in [0.29, 0.717) is 18.7 Å². The van der Waals surface area contributed by atoms with E-state index in [0.717, 1.165) is 24.0 Å². The van der Waals surface area contributed by atoms with E-state index in [-0.39, 0.29) is 23.8 Å². The van der Waals surface area contributed by atoms with Crippen molar-refractivity contribution in [1.82, 2.24) is 10.2 Å². The fourth-order valence-electron chi connectivity index (χ4n) is 3.93. The van der Waals surface area contributed by atoms with Gasteiger partial charge in [-0.3, -0.25) is 9.59 Å². The maximum absolute atomic E-state index is 12.9. The molecule has 1 N–H and O–H groups in total. The zero-order valence-electron chi connectivity index (χ0n) is 17.3. The van der Waals surface area contributed by atoms with E-state index in [1.807, 2.05) is 43.0 Å². The van der Waals surface area contributed by atoms with E-state index in [1.54, 1.807) is 0 Å². The molecule has 4 nitrogen and oxygen atoms in total. The van der Waals surface area contributed by atoms with Crippen molar-refractivity contribution in [2.75, 3.05) is 13.1 Å². The van der Waals surface area contributed by atoms with Crippen molar-refractivity contribution >= 4 is 11.8 Å². The number of benzene rings is 2. The molecule has 0 saturated carbocycles. The SMILES string of the molecule is Cc1ccc(C(=O)N2CCCC(C(=O)NC(C)c3cc(C)cc(C)c3)C2)cc1. The number of amides is 2. The first-order valence-electron chi connectivity index (χ1n) is 10.1. The van der Waals surface area contributed by atoms with Crippen LogP contribution in [0.4, 0.5) is 0 Å². The van der Waals surface area contributed by atoms with Crippen molar-refractivity contribution in [3.05, 3.63) is 70.3 Å². The number of hydrogen-bond donors (Lipinski definition) is 1. The first kappa shape index (κ1) is 20.1. The van der Waals surface area contributed by atoms with Gasteiger partial charge in [0.1, 0.15) is 0 Å². The monoisotopic (exact) mass is 378 g/mol. The van der Waals surface area contributed by atoms with Crippen LogP contribution in [-0.4, -0.2) is 29.8 Å². The van der Waals surface area contributed by atoms with E-state index in [2.05, 4.69) is 37.4 Å². The van der Waals surface area contributed by atoms with Gasteiger partial charge in [0.2, 0.25) is 5.91 Å². The van der Waals surface area contributed by atoms with E-state index < -0.39 is 0 Å². The molecule has 2 aromatic rings. The van der Waals surface area contributed by atoms with E-state index in [1.165, 1.54) is 11.1 Å². The summed E-state index contributed by atoms with van der Waals surface area (Å²) in [5.74, 6) is -0.107. The Bertz CT molecular complexity index is 837. The molecule has 2 amide bonds. The molecule has 28 heavy (non-hydrogen) atoms. The average molecular weight is 379 g/mol. The maximum Gasteiger partial charge on any atom is 0.253 e. The number of hydrogen-bond acceptors (Lipinski definition) is 2. The third-order valence-corrected chi connectivity index (χ3v) is 5.48. The summed E-state index contributed by atoms with van der Waals surface area (Å²) in [6.07, 6.45) is 1.68. The molecule has 0 aromatic heterocycles. The molecule has 148 valence electrons. The fraction of sp³-hybridized carbons (Fsp3) is 0.417. The normalized spacial score (nSPS) is 17.9. The molecule has 3 rings (SSSR count). The lowest BCUT2D eigenvalue weighted by Crippen LogP contribution is -2.45. The van der Waals surface area contributed by atoms with E-state index in [9.17, 15) is 9.59 Å². The van der Waals surface area contributed by atoms with Crippen LogP contribution in [0.15, 0.2) is 42.5 Å². The smallest absolute Gasteiger partial charge is 0.253 e. The third-order valence-electron chi connectivity index (χ3n) is 5.48. The summed E-state index contributed by atoms with van der Waals surface area (Å²) >= 11 is 0. The summed E-state index contributed by atoms with van der Waals surface area (Å²) in [5, 5.41) is 3.15. The zero-order chi connectivity index (χ0) is 20.3. The van der Waals surface area contributed by atoms with Crippen molar-refractivity contribution in [3.8, 4) is 0 Å². The van der Waals surface area contributed by atoms with Crippen LogP contribution in [0.25, 0.3) is 0 Å². The van der Waals surface area contributed by atoms with Gasteiger partial charge in [0.15, 0.2) is 0 Å². The van der Waals surface area contributed by atoms with Crippen LogP contribution in [-0.2, 0) is 4.79 Å². The van der Waals surface area contributed by atoms with Crippen molar-refractivity contribution in [1.29, 1.82) is 0 Å². The Hall–Kier alpha value is -2.62. The van der Waals surface area contributed by atoms with Crippen molar-refractivity contribution in [2.45, 2.75) is 46.6 Å². The Labute approximate surface area is 167 Å². The van der Waals surface area contributed by atoms with Crippen LogP contribution in [0, 0.1) is 26.7 Å². The van der Waals surface area contributed by atoms with Crippen LogP contribution in [0.5, 0.6) is 0 Å². The molecule has 0 spiro atoms. The molecule has 2 atom stereocenters. The summed E-state index contributed by atoms with van der Waals surface area (Å²) in [5.41, 5.74) is 5.34. The predicted octanol–water partition coefficient (Wildman–Crippen LogP) is 4.34. The highest BCUT2D eigenvalue weighted by Gasteiger charge is 2.29. The van der Waals surface area contributed by atoms with Crippen LogP contribution in [0.1, 0.15) is 58.4 Å². The third kappa shape index (κ3) is 4.80. The lowest BCUT2D eigenvalue weighted by molar-refractivity contribution is -0.127. The quantitative estimate of drug-likeness (QED) is 0.860. The van der Waals surface area contributed by atoms with Gasteiger partial charge in [0.05, 0.1) is 12.0 Å². The van der Waals surface area contributed by atoms with Crippen molar-refractivity contribution in [2.24, 2.45) is 5.92 Å². The molecule has 1 aliphatic rings. The summed E-state index contributed by atoms with van der Waals surface area (Å²) in [6, 6.07) is 14.0. The maximum atomic E-state index is 12.9. The Morgan fingerprint density at radius 2 is 1.64 bits per heavy atom. The van der Waals surface area contributed by atoms with Crippen LogP contribution < -0.4 is 5.32 Å². The molecule has 1 fully saturated rings. The average Bonchev–Trinajstić information content (AvgIpc) is 2.67. The molecule has 2 unspecified atom stereocenters. The summed E-state index contributed by atoms with van der Waals surface area (Å²) in [7, 11) is 0. The summed E-state index contributed by atoms with van der Waals surface area (Å²) in [4.78, 5) is 27.5. The number of rotatable bonds is 4. The van der Waals surface area contributed by atoms with Crippen LogP contribution in [0.2, 0.25) is 0 Å².